The van der Waals surface area contributed by atoms with Crippen molar-refractivity contribution in [2.24, 2.45) is 5.92 Å². The van der Waals surface area contributed by atoms with Gasteiger partial charge in [-0.1, -0.05) is 30.3 Å². The Bertz CT molecular complexity index is 556. The van der Waals surface area contributed by atoms with E-state index in [4.69, 9.17) is 5.11 Å². The topological polar surface area (TPSA) is 74.7 Å². The maximum Gasteiger partial charge on any atom is 0.303 e. The first-order valence-electron chi connectivity index (χ1n) is 6.71. The fraction of sp³-hybridized carbons (Fsp3) is 0.500. The Balaban J connectivity index is 1.90. The number of hydrogen-bond acceptors (Lipinski definition) is 3. The van der Waals surface area contributed by atoms with E-state index in [9.17, 15) is 13.2 Å². The number of carbonyl (C=O) groups is 1. The molecule has 1 aromatic carbocycles. The molecule has 1 unspecified atom stereocenters. The lowest BCUT2D eigenvalue weighted by atomic mass is 10.1. The molecule has 1 atom stereocenters. The van der Waals surface area contributed by atoms with Gasteiger partial charge in [0.1, 0.15) is 0 Å². The van der Waals surface area contributed by atoms with Gasteiger partial charge in [0, 0.05) is 19.5 Å². The van der Waals surface area contributed by atoms with Gasteiger partial charge in [0.25, 0.3) is 0 Å². The minimum Gasteiger partial charge on any atom is -0.481 e. The molecule has 1 fully saturated rings. The van der Waals surface area contributed by atoms with Crippen LogP contribution in [0.25, 0.3) is 0 Å². The number of benzene rings is 1. The number of aryl methyl sites for hydroxylation is 1. The highest BCUT2D eigenvalue weighted by atomic mass is 32.2. The summed E-state index contributed by atoms with van der Waals surface area (Å²) in [5.74, 6) is -0.839. The molecule has 1 N–H and O–H groups in total. The zero-order valence-electron chi connectivity index (χ0n) is 11.2. The van der Waals surface area contributed by atoms with E-state index in [1.54, 1.807) is 0 Å². The average molecular weight is 297 g/mol. The molecule has 0 amide bonds. The summed E-state index contributed by atoms with van der Waals surface area (Å²) in [5.41, 5.74) is 0.998. The average Bonchev–Trinajstić information content (AvgIpc) is 2.86. The van der Waals surface area contributed by atoms with Crippen LogP contribution in [0.3, 0.4) is 0 Å². The molecule has 0 spiro atoms. The van der Waals surface area contributed by atoms with Gasteiger partial charge in [-0.2, -0.15) is 0 Å². The van der Waals surface area contributed by atoms with Crippen molar-refractivity contribution in [3.63, 3.8) is 0 Å². The van der Waals surface area contributed by atoms with Crippen molar-refractivity contribution in [2.45, 2.75) is 19.3 Å². The highest BCUT2D eigenvalue weighted by Gasteiger charge is 2.31. The van der Waals surface area contributed by atoms with Gasteiger partial charge < -0.3 is 5.11 Å². The molecule has 0 bridgehead atoms. The monoisotopic (exact) mass is 297 g/mol. The number of aliphatic carboxylic acids is 1. The third-order valence-corrected chi connectivity index (χ3v) is 5.44. The number of rotatable bonds is 6. The van der Waals surface area contributed by atoms with Crippen LogP contribution < -0.4 is 0 Å². The molecule has 0 radical (unpaired) electrons. The number of carboxylic acids is 1. The van der Waals surface area contributed by atoms with Gasteiger partial charge in [0.05, 0.1) is 5.75 Å². The molecule has 1 saturated heterocycles. The summed E-state index contributed by atoms with van der Waals surface area (Å²) in [6.07, 6.45) is 1.17. The van der Waals surface area contributed by atoms with Gasteiger partial charge in [-0.15, -0.1) is 0 Å². The summed E-state index contributed by atoms with van der Waals surface area (Å²) in [4.78, 5) is 10.7. The quantitative estimate of drug-likeness (QED) is 0.860. The molecule has 1 aliphatic heterocycles. The van der Waals surface area contributed by atoms with E-state index in [1.807, 2.05) is 30.3 Å². The van der Waals surface area contributed by atoms with Crippen LogP contribution in [0.2, 0.25) is 0 Å². The Labute approximate surface area is 119 Å². The Morgan fingerprint density at radius 1 is 1.30 bits per heavy atom. The molecule has 6 heteroatoms. The van der Waals surface area contributed by atoms with Gasteiger partial charge in [-0.05, 0) is 24.3 Å². The van der Waals surface area contributed by atoms with Crippen LogP contribution in [0.15, 0.2) is 30.3 Å². The number of sulfonamides is 1. The normalized spacial score (nSPS) is 20.1. The second kappa shape index (κ2) is 6.37. The Morgan fingerprint density at radius 2 is 2.00 bits per heavy atom. The maximum atomic E-state index is 12.2. The highest BCUT2D eigenvalue weighted by Crippen LogP contribution is 2.22. The van der Waals surface area contributed by atoms with Gasteiger partial charge in [-0.3, -0.25) is 4.79 Å². The Hall–Kier alpha value is -1.40. The lowest BCUT2D eigenvalue weighted by molar-refractivity contribution is -0.137. The molecule has 1 aromatic rings. The molecule has 0 saturated carbocycles. The van der Waals surface area contributed by atoms with Gasteiger partial charge in [-0.25, -0.2) is 12.7 Å². The number of carboxylic acid groups (broad SMARTS) is 1. The molecule has 20 heavy (non-hydrogen) atoms. The summed E-state index contributed by atoms with van der Waals surface area (Å²) >= 11 is 0. The molecule has 0 aliphatic carbocycles. The first kappa shape index (κ1) is 15.0. The summed E-state index contributed by atoms with van der Waals surface area (Å²) in [6.45, 7) is 0.776. The zero-order valence-corrected chi connectivity index (χ0v) is 12.1. The van der Waals surface area contributed by atoms with Crippen molar-refractivity contribution >= 4 is 16.0 Å². The van der Waals surface area contributed by atoms with E-state index in [0.29, 0.717) is 25.9 Å². The first-order chi connectivity index (χ1) is 9.47. The van der Waals surface area contributed by atoms with Gasteiger partial charge in [0.15, 0.2) is 0 Å². The predicted octanol–water partition coefficient (Wildman–Crippen LogP) is 1.36. The molecule has 1 heterocycles. The van der Waals surface area contributed by atoms with Crippen LogP contribution in [0.1, 0.15) is 18.4 Å². The maximum absolute atomic E-state index is 12.2. The van der Waals surface area contributed by atoms with Crippen molar-refractivity contribution < 1.29 is 18.3 Å². The van der Waals surface area contributed by atoms with Crippen LogP contribution in [-0.2, 0) is 21.2 Å². The zero-order chi connectivity index (χ0) is 14.6. The predicted molar refractivity (Wildman–Crippen MR) is 75.9 cm³/mol. The van der Waals surface area contributed by atoms with E-state index >= 15 is 0 Å². The summed E-state index contributed by atoms with van der Waals surface area (Å²) in [6, 6.07) is 9.50. The summed E-state index contributed by atoms with van der Waals surface area (Å²) < 4.78 is 25.9. The fourth-order valence-corrected chi connectivity index (χ4v) is 4.06. The molecular formula is C14H19NO4S. The summed E-state index contributed by atoms with van der Waals surface area (Å²) in [5, 5.41) is 8.75. The second-order valence-corrected chi connectivity index (χ2v) is 7.25. The van der Waals surface area contributed by atoms with Crippen molar-refractivity contribution in [3.8, 4) is 0 Å². The van der Waals surface area contributed by atoms with Crippen LogP contribution in [0.5, 0.6) is 0 Å². The van der Waals surface area contributed by atoms with Crippen LogP contribution in [0, 0.1) is 5.92 Å². The number of nitrogens with zero attached hydrogens (tertiary/aromatic N) is 1. The van der Waals surface area contributed by atoms with Crippen molar-refractivity contribution in [2.75, 3.05) is 18.8 Å². The van der Waals surface area contributed by atoms with Crippen LogP contribution >= 0.6 is 0 Å². The van der Waals surface area contributed by atoms with Crippen molar-refractivity contribution in [1.29, 1.82) is 0 Å². The van der Waals surface area contributed by atoms with E-state index in [1.165, 1.54) is 4.31 Å². The number of hydrogen-bond donors (Lipinski definition) is 1. The van der Waals surface area contributed by atoms with E-state index in [-0.39, 0.29) is 18.1 Å². The standard InChI is InChI=1S/C14H19NO4S/c16-14(17)10-13-6-8-15(11-13)20(18,19)9-7-12-4-2-1-3-5-12/h1-5,13H,6-11H2,(H,16,17). The largest absolute Gasteiger partial charge is 0.481 e. The second-order valence-electron chi connectivity index (χ2n) is 5.16. The SMILES string of the molecule is O=C(O)CC1CCN(S(=O)(=O)CCc2ccccc2)C1. The Kier molecular flexibility index (Phi) is 4.77. The fourth-order valence-electron chi connectivity index (χ4n) is 2.48. The lowest BCUT2D eigenvalue weighted by Gasteiger charge is -2.16. The highest BCUT2D eigenvalue weighted by molar-refractivity contribution is 7.89. The van der Waals surface area contributed by atoms with Gasteiger partial charge in [0.2, 0.25) is 10.0 Å². The third kappa shape index (κ3) is 4.05. The molecular weight excluding hydrogens is 278 g/mol. The molecule has 110 valence electrons. The Morgan fingerprint density at radius 3 is 2.65 bits per heavy atom. The molecule has 0 aromatic heterocycles. The molecule has 5 nitrogen and oxygen atoms in total. The summed E-state index contributed by atoms with van der Waals surface area (Å²) in [7, 11) is -3.29. The van der Waals surface area contributed by atoms with Crippen LogP contribution in [-0.4, -0.2) is 42.6 Å². The smallest absolute Gasteiger partial charge is 0.303 e. The van der Waals surface area contributed by atoms with Crippen molar-refractivity contribution in [3.05, 3.63) is 35.9 Å². The van der Waals surface area contributed by atoms with E-state index in [2.05, 4.69) is 0 Å². The lowest BCUT2D eigenvalue weighted by Crippen LogP contribution is -2.32. The molecule has 1 aliphatic rings. The van der Waals surface area contributed by atoms with Gasteiger partial charge >= 0.3 is 5.97 Å². The van der Waals surface area contributed by atoms with E-state index < -0.39 is 16.0 Å². The van der Waals surface area contributed by atoms with Crippen LogP contribution in [0.4, 0.5) is 0 Å². The minimum absolute atomic E-state index is 0.0463. The van der Waals surface area contributed by atoms with E-state index in [0.717, 1.165) is 5.56 Å². The molecule has 2 rings (SSSR count). The first-order valence-corrected chi connectivity index (χ1v) is 8.32. The third-order valence-electron chi connectivity index (χ3n) is 3.60. The van der Waals surface area contributed by atoms with Crippen molar-refractivity contribution in [1.82, 2.24) is 4.31 Å². The minimum atomic E-state index is -3.29.